The fourth-order valence-electron chi connectivity index (χ4n) is 0.577. The van der Waals surface area contributed by atoms with Gasteiger partial charge in [0.1, 0.15) is 0 Å². The molecular weight excluding hydrogens is 184 g/mol. The quantitative estimate of drug-likeness (QED) is 0.678. The van der Waals surface area contributed by atoms with Crippen molar-refractivity contribution < 1.29 is 19.7 Å². The molecule has 0 radical (unpaired) electrons. The monoisotopic (exact) mass is 208 g/mol. The van der Waals surface area contributed by atoms with Crippen molar-refractivity contribution in [3.63, 3.8) is 0 Å². The van der Waals surface area contributed by atoms with Gasteiger partial charge in [0.15, 0.2) is 0 Å². The summed E-state index contributed by atoms with van der Waals surface area (Å²) in [7, 11) is 0. The van der Waals surface area contributed by atoms with E-state index in [0.717, 1.165) is 0 Å². The number of aliphatic hydroxyl groups is 2. The first-order valence-electron chi connectivity index (χ1n) is 4.99. The molecule has 0 heterocycles. The van der Waals surface area contributed by atoms with Crippen molar-refractivity contribution in [1.82, 2.24) is 0 Å². The van der Waals surface area contributed by atoms with Gasteiger partial charge in [-0.15, -0.1) is 0 Å². The fourth-order valence-corrected chi connectivity index (χ4v) is 0.577. The lowest BCUT2D eigenvalue weighted by molar-refractivity contribution is 0.0494. The van der Waals surface area contributed by atoms with Crippen LogP contribution in [0.25, 0.3) is 0 Å². The SMILES string of the molecule is CC(C)OCCO.CC(C)OCCO. The molecule has 4 nitrogen and oxygen atoms in total. The van der Waals surface area contributed by atoms with Crippen LogP contribution in [0.15, 0.2) is 0 Å². The van der Waals surface area contributed by atoms with Crippen molar-refractivity contribution in [2.45, 2.75) is 39.9 Å². The Morgan fingerprint density at radius 1 is 0.786 bits per heavy atom. The minimum Gasteiger partial charge on any atom is -0.394 e. The molecule has 0 aromatic carbocycles. The first-order chi connectivity index (χ1) is 6.54. The van der Waals surface area contributed by atoms with E-state index in [1.54, 1.807) is 0 Å². The van der Waals surface area contributed by atoms with E-state index in [-0.39, 0.29) is 25.4 Å². The van der Waals surface area contributed by atoms with Crippen LogP contribution in [0.5, 0.6) is 0 Å². The Hall–Kier alpha value is -0.160. The van der Waals surface area contributed by atoms with Crippen LogP contribution in [0.3, 0.4) is 0 Å². The third kappa shape index (κ3) is 22.6. The van der Waals surface area contributed by atoms with Crippen molar-refractivity contribution in [2.24, 2.45) is 0 Å². The largest absolute Gasteiger partial charge is 0.394 e. The van der Waals surface area contributed by atoms with E-state index in [9.17, 15) is 0 Å². The molecule has 0 aromatic heterocycles. The fraction of sp³-hybridized carbons (Fsp3) is 1.00. The average molecular weight is 208 g/mol. The van der Waals surface area contributed by atoms with Crippen LogP contribution in [-0.4, -0.2) is 48.8 Å². The smallest absolute Gasteiger partial charge is 0.0701 e. The van der Waals surface area contributed by atoms with E-state index in [2.05, 4.69) is 0 Å². The maximum absolute atomic E-state index is 8.19. The van der Waals surface area contributed by atoms with Crippen molar-refractivity contribution >= 4 is 0 Å². The molecule has 14 heavy (non-hydrogen) atoms. The molecule has 0 spiro atoms. The van der Waals surface area contributed by atoms with Gasteiger partial charge in [0, 0.05) is 0 Å². The van der Waals surface area contributed by atoms with Gasteiger partial charge in [-0.1, -0.05) is 0 Å². The number of hydrogen-bond acceptors (Lipinski definition) is 4. The molecule has 88 valence electrons. The lowest BCUT2D eigenvalue weighted by atomic mass is 10.5. The standard InChI is InChI=1S/2C5H12O2/c2*1-5(2)7-4-3-6/h2*5-6H,3-4H2,1-2H3. The summed E-state index contributed by atoms with van der Waals surface area (Å²) in [4.78, 5) is 0. The lowest BCUT2D eigenvalue weighted by Crippen LogP contribution is -2.06. The molecule has 0 saturated heterocycles. The minimum absolute atomic E-state index is 0.123. The molecule has 0 aliphatic heterocycles. The van der Waals surface area contributed by atoms with Crippen LogP contribution < -0.4 is 0 Å². The molecule has 0 fully saturated rings. The first-order valence-corrected chi connectivity index (χ1v) is 4.99. The Morgan fingerprint density at radius 3 is 1.14 bits per heavy atom. The molecule has 0 aromatic rings. The molecule has 0 rings (SSSR count). The van der Waals surface area contributed by atoms with Gasteiger partial charge in [-0.25, -0.2) is 0 Å². The summed E-state index contributed by atoms with van der Waals surface area (Å²) in [5.41, 5.74) is 0. The Labute approximate surface area is 86.8 Å². The molecule has 4 heteroatoms. The van der Waals surface area contributed by atoms with Gasteiger partial charge in [0.2, 0.25) is 0 Å². The normalized spacial score (nSPS) is 10.3. The van der Waals surface area contributed by atoms with Crippen molar-refractivity contribution in [2.75, 3.05) is 26.4 Å². The third-order valence-corrected chi connectivity index (χ3v) is 1.08. The van der Waals surface area contributed by atoms with Gasteiger partial charge in [0.25, 0.3) is 0 Å². The maximum Gasteiger partial charge on any atom is 0.0701 e. The van der Waals surface area contributed by atoms with Gasteiger partial charge < -0.3 is 19.7 Å². The number of ether oxygens (including phenoxy) is 2. The number of aliphatic hydroxyl groups excluding tert-OH is 2. The third-order valence-electron chi connectivity index (χ3n) is 1.08. The Kier molecular flexibility index (Phi) is 14.9. The zero-order valence-corrected chi connectivity index (χ0v) is 9.69. The summed E-state index contributed by atoms with van der Waals surface area (Å²) >= 11 is 0. The van der Waals surface area contributed by atoms with Crippen LogP contribution in [0.4, 0.5) is 0 Å². The highest BCUT2D eigenvalue weighted by Gasteiger charge is 1.88. The van der Waals surface area contributed by atoms with E-state index >= 15 is 0 Å². The predicted molar refractivity (Wildman–Crippen MR) is 56.3 cm³/mol. The van der Waals surface area contributed by atoms with E-state index < -0.39 is 0 Å². The predicted octanol–water partition coefficient (Wildman–Crippen LogP) is 0.807. The molecule has 0 saturated carbocycles. The van der Waals surface area contributed by atoms with Gasteiger partial charge >= 0.3 is 0 Å². The van der Waals surface area contributed by atoms with Crippen LogP contribution in [-0.2, 0) is 9.47 Å². The van der Waals surface area contributed by atoms with E-state index in [4.69, 9.17) is 19.7 Å². The molecule has 0 unspecified atom stereocenters. The first kappa shape index (κ1) is 16.3. The van der Waals surface area contributed by atoms with Gasteiger partial charge in [-0.05, 0) is 27.7 Å². The summed E-state index contributed by atoms with van der Waals surface area (Å²) in [6.07, 6.45) is 0.485. The molecule has 0 aliphatic rings. The van der Waals surface area contributed by atoms with Crippen molar-refractivity contribution in [1.29, 1.82) is 0 Å². The second kappa shape index (κ2) is 12.8. The van der Waals surface area contributed by atoms with Gasteiger partial charge in [-0.3, -0.25) is 0 Å². The second-order valence-corrected chi connectivity index (χ2v) is 3.29. The molecule has 0 bridgehead atoms. The number of rotatable bonds is 6. The van der Waals surface area contributed by atoms with E-state index in [0.29, 0.717) is 13.2 Å². The highest BCUT2D eigenvalue weighted by Crippen LogP contribution is 1.84. The summed E-state index contributed by atoms with van der Waals surface area (Å²) in [6, 6.07) is 0. The van der Waals surface area contributed by atoms with Crippen molar-refractivity contribution in [3.8, 4) is 0 Å². The molecule has 0 aliphatic carbocycles. The van der Waals surface area contributed by atoms with Crippen LogP contribution in [0, 0.1) is 0 Å². The second-order valence-electron chi connectivity index (χ2n) is 3.29. The van der Waals surface area contributed by atoms with Crippen molar-refractivity contribution in [3.05, 3.63) is 0 Å². The maximum atomic E-state index is 8.19. The van der Waals surface area contributed by atoms with Crippen LogP contribution in [0.2, 0.25) is 0 Å². The molecule has 0 atom stereocenters. The lowest BCUT2D eigenvalue weighted by Gasteiger charge is -2.02. The van der Waals surface area contributed by atoms with E-state index in [1.165, 1.54) is 0 Å². The Balaban J connectivity index is 0. The highest BCUT2D eigenvalue weighted by atomic mass is 16.5. The average Bonchev–Trinajstić information content (AvgIpc) is 2.12. The Bertz CT molecular complexity index is 82.1. The van der Waals surface area contributed by atoms with Crippen LogP contribution in [0.1, 0.15) is 27.7 Å². The van der Waals surface area contributed by atoms with Gasteiger partial charge in [-0.2, -0.15) is 0 Å². The zero-order chi connectivity index (χ0) is 11.4. The minimum atomic E-state index is 0.123. The summed E-state index contributed by atoms with van der Waals surface area (Å²) in [5, 5.41) is 16.4. The summed E-state index contributed by atoms with van der Waals surface area (Å²) in [5.74, 6) is 0. The number of hydrogen-bond donors (Lipinski definition) is 2. The molecule has 0 amide bonds. The topological polar surface area (TPSA) is 58.9 Å². The Morgan fingerprint density at radius 2 is 1.07 bits per heavy atom. The molecular formula is C10H24O4. The van der Waals surface area contributed by atoms with Crippen LogP contribution >= 0.6 is 0 Å². The zero-order valence-electron chi connectivity index (χ0n) is 9.69. The van der Waals surface area contributed by atoms with E-state index in [1.807, 2.05) is 27.7 Å². The summed E-state index contributed by atoms with van der Waals surface area (Å²) in [6.45, 7) is 8.92. The van der Waals surface area contributed by atoms with Gasteiger partial charge in [0.05, 0.1) is 38.6 Å². The highest BCUT2D eigenvalue weighted by molar-refractivity contribution is 4.34. The molecule has 2 N–H and O–H groups in total. The summed E-state index contributed by atoms with van der Waals surface area (Å²) < 4.78 is 9.88.